The average Bonchev–Trinajstić information content (AvgIpc) is 2.77. The predicted molar refractivity (Wildman–Crippen MR) is 71.1 cm³/mol. The first-order chi connectivity index (χ1) is 7.74. The van der Waals surface area contributed by atoms with Gasteiger partial charge >= 0.3 is 0 Å². The molecule has 0 saturated carbocycles. The van der Waals surface area contributed by atoms with Crippen LogP contribution in [-0.4, -0.2) is 14.7 Å². The Labute approximate surface area is 108 Å². The highest BCUT2D eigenvalue weighted by atomic mass is 127. The first kappa shape index (κ1) is 11.6. The molecule has 1 aromatic carbocycles. The Morgan fingerprint density at radius 3 is 2.88 bits per heavy atom. The van der Waals surface area contributed by atoms with Crippen LogP contribution in [0, 0.1) is 3.57 Å². The predicted octanol–water partition coefficient (Wildman–Crippen LogP) is 2.59. The molecule has 16 heavy (non-hydrogen) atoms. The Morgan fingerprint density at radius 1 is 1.44 bits per heavy atom. The van der Waals surface area contributed by atoms with Crippen LogP contribution in [0.4, 0.5) is 0 Å². The lowest BCUT2D eigenvalue weighted by Crippen LogP contribution is -2.09. The fraction of sp³-hybridized carbons (Fsp3) is 0.250. The third-order valence-electron chi connectivity index (χ3n) is 2.53. The summed E-state index contributed by atoms with van der Waals surface area (Å²) < 4.78 is 3.01. The summed E-state index contributed by atoms with van der Waals surface area (Å²) in [6.45, 7) is 2.85. The van der Waals surface area contributed by atoms with Gasteiger partial charge in [-0.25, -0.2) is 4.98 Å². The molecule has 0 saturated heterocycles. The van der Waals surface area contributed by atoms with Crippen molar-refractivity contribution in [2.75, 3.05) is 0 Å². The fourth-order valence-electron chi connectivity index (χ4n) is 1.67. The lowest BCUT2D eigenvalue weighted by atomic mass is 10.1. The summed E-state index contributed by atoms with van der Waals surface area (Å²) in [5.74, 6) is 0.701. The summed E-state index contributed by atoms with van der Waals surface area (Å²) in [5, 5.41) is 10.3. The van der Waals surface area contributed by atoms with E-state index in [2.05, 4.69) is 27.6 Å². The van der Waals surface area contributed by atoms with Gasteiger partial charge in [0.1, 0.15) is 11.9 Å². The first-order valence-corrected chi connectivity index (χ1v) is 6.25. The maximum absolute atomic E-state index is 10.3. The summed E-state index contributed by atoms with van der Waals surface area (Å²) in [7, 11) is 0. The van der Waals surface area contributed by atoms with E-state index in [4.69, 9.17) is 0 Å². The molecule has 0 aliphatic rings. The maximum atomic E-state index is 10.3. The number of rotatable bonds is 3. The van der Waals surface area contributed by atoms with Crippen molar-refractivity contribution in [1.29, 1.82) is 0 Å². The minimum atomic E-state index is -0.650. The number of imidazole rings is 1. The Kier molecular flexibility index (Phi) is 3.60. The van der Waals surface area contributed by atoms with Gasteiger partial charge in [0.25, 0.3) is 0 Å². The van der Waals surface area contributed by atoms with Gasteiger partial charge in [-0.3, -0.25) is 0 Å². The molecule has 0 spiro atoms. The summed E-state index contributed by atoms with van der Waals surface area (Å²) >= 11 is 2.23. The number of hydrogen-bond acceptors (Lipinski definition) is 2. The van der Waals surface area contributed by atoms with E-state index in [-0.39, 0.29) is 0 Å². The molecule has 2 rings (SSSR count). The van der Waals surface area contributed by atoms with Gasteiger partial charge in [0, 0.05) is 28.1 Å². The van der Waals surface area contributed by atoms with Crippen LogP contribution >= 0.6 is 22.6 Å². The molecule has 4 heteroatoms. The van der Waals surface area contributed by atoms with E-state index in [0.717, 1.165) is 15.7 Å². The van der Waals surface area contributed by atoms with Crippen molar-refractivity contribution < 1.29 is 5.11 Å². The molecule has 3 nitrogen and oxygen atoms in total. The highest BCUT2D eigenvalue weighted by Gasteiger charge is 2.17. The zero-order valence-electron chi connectivity index (χ0n) is 8.97. The molecule has 1 heterocycles. The summed E-state index contributed by atoms with van der Waals surface area (Å²) in [6.07, 6.45) is 2.95. The molecule has 0 amide bonds. The van der Waals surface area contributed by atoms with Gasteiger partial charge in [0.05, 0.1) is 0 Å². The van der Waals surface area contributed by atoms with E-state index >= 15 is 0 Å². The van der Waals surface area contributed by atoms with Gasteiger partial charge in [-0.2, -0.15) is 0 Å². The number of benzene rings is 1. The zero-order valence-corrected chi connectivity index (χ0v) is 11.1. The Morgan fingerprint density at radius 2 is 2.19 bits per heavy atom. The fourth-order valence-corrected chi connectivity index (χ4v) is 2.35. The van der Waals surface area contributed by atoms with E-state index in [0.29, 0.717) is 5.82 Å². The quantitative estimate of drug-likeness (QED) is 0.880. The highest BCUT2D eigenvalue weighted by molar-refractivity contribution is 14.1. The van der Waals surface area contributed by atoms with E-state index in [1.807, 2.05) is 42.0 Å². The lowest BCUT2D eigenvalue weighted by Gasteiger charge is -2.13. The monoisotopic (exact) mass is 328 g/mol. The third kappa shape index (κ3) is 2.12. The molecule has 0 bridgehead atoms. The lowest BCUT2D eigenvalue weighted by molar-refractivity contribution is 0.204. The number of aliphatic hydroxyl groups excluding tert-OH is 1. The Hall–Kier alpha value is -0.880. The van der Waals surface area contributed by atoms with Crippen LogP contribution in [0.25, 0.3) is 0 Å². The minimum Gasteiger partial charge on any atom is -0.380 e. The SMILES string of the molecule is CCn1ccnc1C(O)c1ccccc1I. The van der Waals surface area contributed by atoms with Crippen molar-refractivity contribution >= 4 is 22.6 Å². The number of aryl methyl sites for hydroxylation is 1. The van der Waals surface area contributed by atoms with Gasteiger partial charge in [0.15, 0.2) is 0 Å². The smallest absolute Gasteiger partial charge is 0.142 e. The molecule has 1 N–H and O–H groups in total. The van der Waals surface area contributed by atoms with Crippen LogP contribution in [0.1, 0.15) is 24.4 Å². The summed E-state index contributed by atoms with van der Waals surface area (Å²) in [5.41, 5.74) is 0.906. The number of hydrogen-bond donors (Lipinski definition) is 1. The summed E-state index contributed by atoms with van der Waals surface area (Å²) in [6, 6.07) is 7.81. The molecule has 0 radical (unpaired) electrons. The molecule has 0 aliphatic carbocycles. The standard InChI is InChI=1S/C12H13IN2O/c1-2-15-8-7-14-12(15)11(16)9-5-3-4-6-10(9)13/h3-8,11,16H,2H2,1H3. The second-order valence-corrected chi connectivity index (χ2v) is 4.66. The normalized spacial score (nSPS) is 12.7. The second-order valence-electron chi connectivity index (χ2n) is 3.50. The number of halogens is 1. The van der Waals surface area contributed by atoms with E-state index < -0.39 is 6.10 Å². The largest absolute Gasteiger partial charge is 0.380 e. The van der Waals surface area contributed by atoms with Crippen molar-refractivity contribution in [1.82, 2.24) is 9.55 Å². The van der Waals surface area contributed by atoms with E-state index in [1.165, 1.54) is 0 Å². The molecule has 0 fully saturated rings. The van der Waals surface area contributed by atoms with Crippen molar-refractivity contribution in [3.05, 3.63) is 51.6 Å². The maximum Gasteiger partial charge on any atom is 0.142 e. The zero-order chi connectivity index (χ0) is 11.5. The molecule has 1 aromatic heterocycles. The molecule has 2 aromatic rings. The van der Waals surface area contributed by atoms with Gasteiger partial charge in [-0.05, 0) is 35.6 Å². The minimum absolute atomic E-state index is 0.650. The van der Waals surface area contributed by atoms with Crippen molar-refractivity contribution in [2.45, 2.75) is 19.6 Å². The van der Waals surface area contributed by atoms with Crippen LogP contribution in [0.15, 0.2) is 36.7 Å². The van der Waals surface area contributed by atoms with Crippen molar-refractivity contribution in [3.63, 3.8) is 0 Å². The summed E-state index contributed by atoms with van der Waals surface area (Å²) in [4.78, 5) is 4.21. The Bertz CT molecular complexity index is 481. The highest BCUT2D eigenvalue weighted by Crippen LogP contribution is 2.24. The Balaban J connectivity index is 2.39. The number of aromatic nitrogens is 2. The molecule has 0 aliphatic heterocycles. The van der Waals surface area contributed by atoms with Crippen LogP contribution in [0.2, 0.25) is 0 Å². The number of aliphatic hydroxyl groups is 1. The topological polar surface area (TPSA) is 38.0 Å². The van der Waals surface area contributed by atoms with Crippen LogP contribution < -0.4 is 0 Å². The van der Waals surface area contributed by atoms with E-state index in [1.54, 1.807) is 6.20 Å². The molecular formula is C12H13IN2O. The first-order valence-electron chi connectivity index (χ1n) is 5.17. The van der Waals surface area contributed by atoms with Crippen molar-refractivity contribution in [3.8, 4) is 0 Å². The molecule has 1 atom stereocenters. The van der Waals surface area contributed by atoms with Gasteiger partial charge in [-0.1, -0.05) is 18.2 Å². The van der Waals surface area contributed by atoms with E-state index in [9.17, 15) is 5.11 Å². The number of nitrogens with zero attached hydrogens (tertiary/aromatic N) is 2. The molecule has 84 valence electrons. The molecular weight excluding hydrogens is 315 g/mol. The van der Waals surface area contributed by atoms with Gasteiger partial charge in [-0.15, -0.1) is 0 Å². The van der Waals surface area contributed by atoms with Crippen molar-refractivity contribution in [2.24, 2.45) is 0 Å². The average molecular weight is 328 g/mol. The van der Waals surface area contributed by atoms with Crippen LogP contribution in [-0.2, 0) is 6.54 Å². The van der Waals surface area contributed by atoms with Gasteiger partial charge in [0.2, 0.25) is 0 Å². The third-order valence-corrected chi connectivity index (χ3v) is 3.52. The second kappa shape index (κ2) is 4.97. The van der Waals surface area contributed by atoms with Crippen LogP contribution in [0.5, 0.6) is 0 Å². The van der Waals surface area contributed by atoms with Gasteiger partial charge < -0.3 is 9.67 Å². The van der Waals surface area contributed by atoms with Crippen LogP contribution in [0.3, 0.4) is 0 Å². The molecule has 1 unspecified atom stereocenters.